The molecular formula is C22H27BF3N5OS. The SMILES string of the molecule is [B]N/C(C)=C(\O)c1nnc(SCCCN2CC[C@]3(C[C@@H]3c3ccc(C(F)(F)F)cc3)C2)n1C. The summed E-state index contributed by atoms with van der Waals surface area (Å²) < 4.78 is 40.2. The molecule has 0 amide bonds. The van der Waals surface area contributed by atoms with E-state index in [1.165, 1.54) is 12.1 Å². The number of rotatable bonds is 8. The molecule has 2 atom stereocenters. The Morgan fingerprint density at radius 1 is 1.30 bits per heavy atom. The van der Waals surface area contributed by atoms with Gasteiger partial charge in [0.05, 0.1) is 5.56 Å². The molecule has 1 aromatic carbocycles. The molecule has 1 spiro atoms. The van der Waals surface area contributed by atoms with Gasteiger partial charge in [-0.3, -0.25) is 0 Å². The first kappa shape index (κ1) is 24.0. The van der Waals surface area contributed by atoms with Gasteiger partial charge < -0.3 is 19.8 Å². The molecule has 1 aliphatic heterocycles. The number of aromatic nitrogens is 3. The lowest BCUT2D eigenvalue weighted by Crippen LogP contribution is -2.23. The number of thioether (sulfide) groups is 1. The van der Waals surface area contributed by atoms with Crippen LogP contribution in [-0.4, -0.2) is 58.1 Å². The van der Waals surface area contributed by atoms with Crippen LogP contribution in [0.25, 0.3) is 5.76 Å². The molecule has 2 aromatic rings. The zero-order valence-corrected chi connectivity index (χ0v) is 19.5. The summed E-state index contributed by atoms with van der Waals surface area (Å²) in [7, 11) is 7.14. The zero-order valence-electron chi connectivity index (χ0n) is 18.7. The highest BCUT2D eigenvalue weighted by atomic mass is 32.2. The number of aliphatic hydroxyl groups is 1. The van der Waals surface area contributed by atoms with Crippen LogP contribution < -0.4 is 5.23 Å². The first-order valence-electron chi connectivity index (χ1n) is 10.9. The average molecular weight is 477 g/mol. The lowest BCUT2D eigenvalue weighted by Gasteiger charge is -2.16. The molecule has 0 unspecified atom stereocenters. The maximum absolute atomic E-state index is 12.8. The molecule has 2 heterocycles. The van der Waals surface area contributed by atoms with Crippen LogP contribution in [0.2, 0.25) is 0 Å². The van der Waals surface area contributed by atoms with Crippen LogP contribution in [-0.2, 0) is 13.2 Å². The maximum Gasteiger partial charge on any atom is 0.416 e. The van der Waals surface area contributed by atoms with Crippen molar-refractivity contribution in [2.45, 2.75) is 43.4 Å². The fourth-order valence-electron chi connectivity index (χ4n) is 4.68. The van der Waals surface area contributed by atoms with Crippen molar-refractivity contribution in [2.24, 2.45) is 12.5 Å². The third kappa shape index (κ3) is 5.03. The first-order valence-corrected chi connectivity index (χ1v) is 11.9. The summed E-state index contributed by atoms with van der Waals surface area (Å²) in [5, 5.41) is 21.5. The minimum Gasteiger partial charge on any atom is -0.503 e. The summed E-state index contributed by atoms with van der Waals surface area (Å²) in [5.41, 5.74) is 1.08. The van der Waals surface area contributed by atoms with E-state index < -0.39 is 11.7 Å². The quantitative estimate of drug-likeness (QED) is 0.258. The van der Waals surface area contributed by atoms with Crippen LogP contribution in [0.4, 0.5) is 13.2 Å². The molecule has 1 saturated heterocycles. The van der Waals surface area contributed by atoms with Crippen LogP contribution >= 0.6 is 11.8 Å². The summed E-state index contributed by atoms with van der Waals surface area (Å²) in [5.74, 6) is 1.56. The first-order chi connectivity index (χ1) is 15.6. The van der Waals surface area contributed by atoms with Gasteiger partial charge in [-0.2, -0.15) is 13.2 Å². The van der Waals surface area contributed by atoms with Crippen molar-refractivity contribution in [1.29, 1.82) is 0 Å². The van der Waals surface area contributed by atoms with Crippen LogP contribution in [0.1, 0.15) is 49.1 Å². The molecule has 2 radical (unpaired) electrons. The average Bonchev–Trinajstić information content (AvgIpc) is 3.13. The fraction of sp³-hybridized carbons (Fsp3) is 0.545. The highest BCUT2D eigenvalue weighted by molar-refractivity contribution is 7.99. The van der Waals surface area contributed by atoms with E-state index in [1.54, 1.807) is 42.4 Å². The van der Waals surface area contributed by atoms with Gasteiger partial charge in [-0.1, -0.05) is 23.9 Å². The monoisotopic (exact) mass is 477 g/mol. The minimum atomic E-state index is -4.29. The highest BCUT2D eigenvalue weighted by Crippen LogP contribution is 2.64. The number of likely N-dealkylation sites (tertiary alicyclic amines) is 1. The Labute approximate surface area is 197 Å². The molecule has 2 N–H and O–H groups in total. The van der Waals surface area contributed by atoms with Crippen molar-refractivity contribution in [2.75, 3.05) is 25.4 Å². The minimum absolute atomic E-state index is 0.0336. The van der Waals surface area contributed by atoms with Gasteiger partial charge in [0.25, 0.3) is 0 Å². The van der Waals surface area contributed by atoms with Crippen molar-refractivity contribution in [1.82, 2.24) is 24.9 Å². The maximum atomic E-state index is 12.8. The molecule has 2 aliphatic rings. The van der Waals surface area contributed by atoms with Crippen molar-refractivity contribution < 1.29 is 18.3 Å². The predicted octanol–water partition coefficient (Wildman–Crippen LogP) is 4.12. The molecule has 1 aliphatic carbocycles. The largest absolute Gasteiger partial charge is 0.503 e. The van der Waals surface area contributed by atoms with E-state index in [4.69, 9.17) is 7.98 Å². The van der Waals surface area contributed by atoms with Gasteiger partial charge in [-0.25, -0.2) is 0 Å². The molecule has 176 valence electrons. The molecule has 33 heavy (non-hydrogen) atoms. The lowest BCUT2D eigenvalue weighted by atomic mass is 9.97. The van der Waals surface area contributed by atoms with E-state index >= 15 is 0 Å². The van der Waals surface area contributed by atoms with Gasteiger partial charge >= 0.3 is 6.18 Å². The number of nitrogens with one attached hydrogen (secondary N) is 1. The van der Waals surface area contributed by atoms with Gasteiger partial charge in [0.1, 0.15) is 0 Å². The van der Waals surface area contributed by atoms with Crippen molar-refractivity contribution >= 4 is 25.5 Å². The van der Waals surface area contributed by atoms with E-state index in [-0.39, 0.29) is 11.2 Å². The number of hydrogen-bond acceptors (Lipinski definition) is 6. The molecular weight excluding hydrogens is 450 g/mol. The standard InChI is InChI=1S/C22H27BF3N5OS/c1-14(27-23)18(32)19-28-29-20(30(19)2)33-11-3-9-31-10-8-21(13-31)12-17(21)15-4-6-16(7-5-15)22(24,25)26/h4-7,17,27,32H,3,8-13H2,1-2H3/b18-14-/t17-,21+/m1/s1. The van der Waals surface area contributed by atoms with Gasteiger partial charge in [0, 0.05) is 25.0 Å². The topological polar surface area (TPSA) is 66.2 Å². The summed E-state index contributed by atoms with van der Waals surface area (Å²) in [6, 6.07) is 5.70. The number of aliphatic hydroxyl groups excluding tert-OH is 1. The Hall–Kier alpha value is -2.14. The summed E-state index contributed by atoms with van der Waals surface area (Å²) in [4.78, 5) is 2.46. The molecule has 2 fully saturated rings. The smallest absolute Gasteiger partial charge is 0.416 e. The number of benzene rings is 1. The van der Waals surface area contributed by atoms with Crippen LogP contribution in [0, 0.1) is 5.41 Å². The Bertz CT molecular complexity index is 1030. The number of alkyl halides is 3. The Morgan fingerprint density at radius 2 is 2.03 bits per heavy atom. The summed E-state index contributed by atoms with van der Waals surface area (Å²) in [6.45, 7) is 4.66. The highest BCUT2D eigenvalue weighted by Gasteiger charge is 2.57. The van der Waals surface area contributed by atoms with E-state index in [0.29, 0.717) is 17.4 Å². The number of hydrogen-bond donors (Lipinski definition) is 2. The van der Waals surface area contributed by atoms with E-state index in [0.717, 1.165) is 55.4 Å². The van der Waals surface area contributed by atoms with Gasteiger partial charge in [0.2, 0.25) is 13.8 Å². The molecule has 1 saturated carbocycles. The Kier molecular flexibility index (Phi) is 6.73. The Balaban J connectivity index is 1.24. The van der Waals surface area contributed by atoms with E-state index in [9.17, 15) is 18.3 Å². The number of allylic oxidation sites excluding steroid dienone is 1. The second-order valence-electron chi connectivity index (χ2n) is 8.95. The molecule has 0 bridgehead atoms. The second-order valence-corrected chi connectivity index (χ2v) is 10.0. The van der Waals surface area contributed by atoms with Gasteiger partial charge in [-0.15, -0.1) is 10.2 Å². The van der Waals surface area contributed by atoms with E-state index in [2.05, 4.69) is 20.3 Å². The molecule has 11 heteroatoms. The predicted molar refractivity (Wildman–Crippen MR) is 123 cm³/mol. The fourth-order valence-corrected chi connectivity index (χ4v) is 5.52. The lowest BCUT2D eigenvalue weighted by molar-refractivity contribution is -0.137. The summed E-state index contributed by atoms with van der Waals surface area (Å²) >= 11 is 1.59. The van der Waals surface area contributed by atoms with Crippen LogP contribution in [0.5, 0.6) is 0 Å². The third-order valence-electron chi connectivity index (χ3n) is 6.76. The third-order valence-corrected chi connectivity index (χ3v) is 7.87. The zero-order chi connectivity index (χ0) is 23.8. The van der Waals surface area contributed by atoms with Crippen molar-refractivity contribution in [3.63, 3.8) is 0 Å². The van der Waals surface area contributed by atoms with Gasteiger partial charge in [0.15, 0.2) is 10.9 Å². The summed E-state index contributed by atoms with van der Waals surface area (Å²) in [6.07, 6.45) is -1.15. The van der Waals surface area contributed by atoms with E-state index in [1.807, 2.05) is 0 Å². The normalized spacial score (nSPS) is 23.7. The van der Waals surface area contributed by atoms with Crippen LogP contribution in [0.15, 0.2) is 35.1 Å². The molecule has 4 rings (SSSR count). The second kappa shape index (κ2) is 9.25. The van der Waals surface area contributed by atoms with Crippen LogP contribution in [0.3, 0.4) is 0 Å². The van der Waals surface area contributed by atoms with Gasteiger partial charge in [-0.05, 0) is 68.3 Å². The Morgan fingerprint density at radius 3 is 2.70 bits per heavy atom. The van der Waals surface area contributed by atoms with Crippen molar-refractivity contribution in [3.05, 3.63) is 46.9 Å². The number of nitrogens with zero attached hydrogens (tertiary/aromatic N) is 4. The van der Waals surface area contributed by atoms with Crippen molar-refractivity contribution in [3.8, 4) is 0 Å². The number of halogens is 3. The molecule has 6 nitrogen and oxygen atoms in total. The molecule has 1 aromatic heterocycles.